The molecule has 0 unspecified atom stereocenters. The molecule has 2 aromatic carbocycles. The van der Waals surface area contributed by atoms with Crippen LogP contribution in [0.3, 0.4) is 0 Å². The van der Waals surface area contributed by atoms with Crippen LogP contribution < -0.4 is 5.73 Å². The number of para-hydroxylation sites is 1. The Hall–Kier alpha value is -1.76. The highest BCUT2D eigenvalue weighted by Gasteiger charge is 2.18. The van der Waals surface area contributed by atoms with Crippen molar-refractivity contribution in [3.8, 4) is 0 Å². The summed E-state index contributed by atoms with van der Waals surface area (Å²) < 4.78 is 0. The van der Waals surface area contributed by atoms with Gasteiger partial charge >= 0.3 is 0 Å². The van der Waals surface area contributed by atoms with Crippen molar-refractivity contribution in [1.29, 1.82) is 0 Å². The summed E-state index contributed by atoms with van der Waals surface area (Å²) in [6.45, 7) is 0. The Kier molecular flexibility index (Phi) is 4.20. The summed E-state index contributed by atoms with van der Waals surface area (Å²) in [7, 11) is 0. The summed E-state index contributed by atoms with van der Waals surface area (Å²) in [5.74, 6) is 0.890. The van der Waals surface area contributed by atoms with E-state index >= 15 is 0 Å². The lowest BCUT2D eigenvalue weighted by Gasteiger charge is -2.25. The van der Waals surface area contributed by atoms with Crippen LogP contribution in [0.25, 0.3) is 0 Å². The third-order valence-corrected chi connectivity index (χ3v) is 3.18. The Morgan fingerprint density at radius 2 is 1.29 bits per heavy atom. The van der Waals surface area contributed by atoms with Crippen molar-refractivity contribution in [2.45, 2.75) is 25.2 Å². The van der Waals surface area contributed by atoms with Gasteiger partial charge < -0.3 is 5.73 Å². The second kappa shape index (κ2) is 6.09. The largest absolute Gasteiger partial charge is 0.399 e. The van der Waals surface area contributed by atoms with Gasteiger partial charge in [-0.2, -0.15) is 0 Å². The molecule has 1 saturated carbocycles. The van der Waals surface area contributed by atoms with Gasteiger partial charge in [0, 0.05) is 5.69 Å². The normalized spacial score (nSPS) is 14.4. The fraction of sp³-hybridized carbons (Fsp3) is 0.250. The molecule has 0 atom stereocenters. The SMILES string of the molecule is Nc1ccccc1.c1ccc(C2CCC2)cc1. The van der Waals surface area contributed by atoms with Gasteiger partial charge in [0.25, 0.3) is 0 Å². The fourth-order valence-electron chi connectivity index (χ4n) is 1.92. The molecule has 17 heavy (non-hydrogen) atoms. The summed E-state index contributed by atoms with van der Waals surface area (Å²) in [5, 5.41) is 0. The molecular formula is C16H19N. The number of anilines is 1. The first-order chi connectivity index (χ1) is 8.36. The minimum Gasteiger partial charge on any atom is -0.399 e. The second-order valence-electron chi connectivity index (χ2n) is 4.45. The molecule has 0 saturated heterocycles. The lowest BCUT2D eigenvalue weighted by molar-refractivity contribution is 0.420. The van der Waals surface area contributed by atoms with Crippen LogP contribution in [0.5, 0.6) is 0 Å². The van der Waals surface area contributed by atoms with Crippen molar-refractivity contribution < 1.29 is 0 Å². The molecule has 0 spiro atoms. The summed E-state index contributed by atoms with van der Waals surface area (Å²) in [6.07, 6.45) is 4.24. The quantitative estimate of drug-likeness (QED) is 0.722. The maximum Gasteiger partial charge on any atom is 0.0313 e. The smallest absolute Gasteiger partial charge is 0.0313 e. The first kappa shape index (κ1) is 11.7. The van der Waals surface area contributed by atoms with Gasteiger partial charge in [-0.1, -0.05) is 55.0 Å². The van der Waals surface area contributed by atoms with Gasteiger partial charge in [0.05, 0.1) is 0 Å². The molecule has 0 aromatic heterocycles. The third kappa shape index (κ3) is 3.63. The Balaban J connectivity index is 0.000000136. The van der Waals surface area contributed by atoms with E-state index in [0.717, 1.165) is 11.6 Å². The molecule has 1 nitrogen and oxygen atoms in total. The predicted molar refractivity (Wildman–Crippen MR) is 73.9 cm³/mol. The van der Waals surface area contributed by atoms with Crippen molar-refractivity contribution in [3.63, 3.8) is 0 Å². The number of nitrogen functional groups attached to an aromatic ring is 1. The first-order valence-corrected chi connectivity index (χ1v) is 6.22. The van der Waals surface area contributed by atoms with Crippen molar-refractivity contribution in [1.82, 2.24) is 0 Å². The van der Waals surface area contributed by atoms with E-state index in [9.17, 15) is 0 Å². The van der Waals surface area contributed by atoms with E-state index in [1.54, 1.807) is 0 Å². The molecular weight excluding hydrogens is 206 g/mol. The molecule has 0 heterocycles. The zero-order valence-electron chi connectivity index (χ0n) is 10.0. The van der Waals surface area contributed by atoms with Crippen LogP contribution in [-0.2, 0) is 0 Å². The molecule has 2 aromatic rings. The predicted octanol–water partition coefficient (Wildman–Crippen LogP) is 4.22. The number of nitrogens with two attached hydrogens (primary N) is 1. The summed E-state index contributed by atoms with van der Waals surface area (Å²) in [4.78, 5) is 0. The maximum absolute atomic E-state index is 5.36. The molecule has 3 rings (SSSR count). The van der Waals surface area contributed by atoms with E-state index < -0.39 is 0 Å². The van der Waals surface area contributed by atoms with Crippen molar-refractivity contribution in [2.24, 2.45) is 0 Å². The minimum absolute atomic E-state index is 0.822. The van der Waals surface area contributed by atoms with Crippen molar-refractivity contribution in [2.75, 3.05) is 5.73 Å². The summed E-state index contributed by atoms with van der Waals surface area (Å²) in [6, 6.07) is 20.3. The molecule has 0 radical (unpaired) electrons. The Labute approximate surface area is 103 Å². The van der Waals surface area contributed by atoms with Crippen LogP contribution in [-0.4, -0.2) is 0 Å². The Bertz CT molecular complexity index is 418. The number of hydrogen-bond acceptors (Lipinski definition) is 1. The molecule has 1 fully saturated rings. The Morgan fingerprint density at radius 1 is 0.765 bits per heavy atom. The Morgan fingerprint density at radius 3 is 1.65 bits per heavy atom. The lowest BCUT2D eigenvalue weighted by atomic mass is 9.80. The average Bonchev–Trinajstić information content (AvgIpc) is 2.30. The molecule has 1 heteroatoms. The van der Waals surface area contributed by atoms with E-state index in [2.05, 4.69) is 30.3 Å². The second-order valence-corrected chi connectivity index (χ2v) is 4.45. The van der Waals surface area contributed by atoms with Crippen molar-refractivity contribution in [3.05, 3.63) is 66.2 Å². The van der Waals surface area contributed by atoms with Gasteiger partial charge in [0.1, 0.15) is 0 Å². The van der Waals surface area contributed by atoms with Gasteiger partial charge in [-0.3, -0.25) is 0 Å². The lowest BCUT2D eigenvalue weighted by Crippen LogP contribution is -2.07. The minimum atomic E-state index is 0.822. The van der Waals surface area contributed by atoms with Crippen LogP contribution >= 0.6 is 0 Å². The van der Waals surface area contributed by atoms with Crippen molar-refractivity contribution >= 4 is 5.69 Å². The highest BCUT2D eigenvalue weighted by atomic mass is 14.5. The molecule has 1 aliphatic carbocycles. The van der Waals surface area contributed by atoms with Gasteiger partial charge in [0.15, 0.2) is 0 Å². The van der Waals surface area contributed by atoms with E-state index in [0.29, 0.717) is 0 Å². The molecule has 0 bridgehead atoms. The number of hydrogen-bond donors (Lipinski definition) is 1. The van der Waals surface area contributed by atoms with Gasteiger partial charge in [-0.15, -0.1) is 0 Å². The van der Waals surface area contributed by atoms with E-state index in [4.69, 9.17) is 5.73 Å². The highest BCUT2D eigenvalue weighted by Crippen LogP contribution is 2.35. The third-order valence-electron chi connectivity index (χ3n) is 3.18. The van der Waals surface area contributed by atoms with Gasteiger partial charge in [-0.25, -0.2) is 0 Å². The van der Waals surface area contributed by atoms with Crippen LogP contribution in [0.1, 0.15) is 30.7 Å². The summed E-state index contributed by atoms with van der Waals surface area (Å²) in [5.41, 5.74) is 7.72. The van der Waals surface area contributed by atoms with E-state index in [-0.39, 0.29) is 0 Å². The van der Waals surface area contributed by atoms with Crippen LogP contribution in [0.4, 0.5) is 5.69 Å². The topological polar surface area (TPSA) is 26.0 Å². The number of benzene rings is 2. The van der Waals surface area contributed by atoms with Crippen LogP contribution in [0.2, 0.25) is 0 Å². The fourth-order valence-corrected chi connectivity index (χ4v) is 1.92. The standard InChI is InChI=1S/C10H12.C6H7N/c1-2-5-9(6-3-1)10-7-4-8-10;7-6-4-2-1-3-5-6/h1-3,5-6,10H,4,7-8H2;1-5H,7H2. The van der Waals surface area contributed by atoms with E-state index in [1.807, 2.05) is 30.3 Å². The maximum atomic E-state index is 5.36. The summed E-state index contributed by atoms with van der Waals surface area (Å²) >= 11 is 0. The molecule has 1 aliphatic rings. The zero-order valence-corrected chi connectivity index (χ0v) is 10.0. The van der Waals surface area contributed by atoms with Crippen LogP contribution in [0, 0.1) is 0 Å². The molecule has 0 aliphatic heterocycles. The van der Waals surface area contributed by atoms with Crippen LogP contribution in [0.15, 0.2) is 60.7 Å². The highest BCUT2D eigenvalue weighted by molar-refractivity contribution is 5.35. The van der Waals surface area contributed by atoms with Gasteiger partial charge in [-0.05, 0) is 36.5 Å². The number of rotatable bonds is 1. The monoisotopic (exact) mass is 225 g/mol. The average molecular weight is 225 g/mol. The molecule has 2 N–H and O–H groups in total. The van der Waals surface area contributed by atoms with Gasteiger partial charge in [0.2, 0.25) is 0 Å². The molecule has 0 amide bonds. The van der Waals surface area contributed by atoms with E-state index in [1.165, 1.54) is 24.8 Å². The first-order valence-electron chi connectivity index (χ1n) is 6.22. The zero-order chi connectivity index (χ0) is 11.9. The molecule has 88 valence electrons.